The summed E-state index contributed by atoms with van der Waals surface area (Å²) in [6.07, 6.45) is 0.387. The number of aromatic nitrogens is 1. The summed E-state index contributed by atoms with van der Waals surface area (Å²) in [5, 5.41) is 12.2. The van der Waals surface area contributed by atoms with Gasteiger partial charge >= 0.3 is 0 Å². The molecule has 1 aromatic heterocycles. The van der Waals surface area contributed by atoms with E-state index in [2.05, 4.69) is 4.98 Å². The number of carbonyl (C=O) groups is 1. The average molecular weight is 387 g/mol. The van der Waals surface area contributed by atoms with Crippen LogP contribution >= 0.6 is 23.2 Å². The van der Waals surface area contributed by atoms with Crippen LogP contribution < -0.4 is 9.84 Å². The zero-order valence-electron chi connectivity index (χ0n) is 13.6. The van der Waals surface area contributed by atoms with Gasteiger partial charge in [0, 0.05) is 27.7 Å². The fourth-order valence-electron chi connectivity index (χ4n) is 2.46. The Kier molecular flexibility index (Phi) is 5.76. The maximum Gasteiger partial charge on any atom is 0.123 e. The van der Waals surface area contributed by atoms with E-state index >= 15 is 0 Å². The van der Waals surface area contributed by atoms with Crippen molar-refractivity contribution in [3.63, 3.8) is 0 Å². The molecule has 0 aliphatic heterocycles. The normalized spacial score (nSPS) is 10.5. The van der Waals surface area contributed by atoms with Gasteiger partial charge in [-0.25, -0.2) is 0 Å². The predicted octanol–water partition coefficient (Wildman–Crippen LogP) is 3.92. The molecular formula is C20H14Cl2NO3-. The number of halogens is 2. The van der Waals surface area contributed by atoms with Gasteiger partial charge in [-0.05, 0) is 48.0 Å². The minimum atomic E-state index is -1.31. The Hall–Kier alpha value is -2.56. The molecule has 3 rings (SSSR count). The molecule has 0 atom stereocenters. The summed E-state index contributed by atoms with van der Waals surface area (Å²) >= 11 is 12.0. The minimum absolute atomic E-state index is 0.104. The van der Waals surface area contributed by atoms with E-state index in [1.807, 2.05) is 12.1 Å². The molecule has 4 nitrogen and oxygen atoms in total. The van der Waals surface area contributed by atoms with Crippen molar-refractivity contribution >= 4 is 29.2 Å². The molecule has 0 fully saturated rings. The number of rotatable bonds is 6. The van der Waals surface area contributed by atoms with Crippen LogP contribution in [0.4, 0.5) is 0 Å². The number of ether oxygens (including phenoxy) is 1. The lowest BCUT2D eigenvalue weighted by Crippen LogP contribution is -2.23. The summed E-state index contributed by atoms with van der Waals surface area (Å²) < 4.78 is 5.91. The predicted molar refractivity (Wildman–Crippen MR) is 98.6 cm³/mol. The monoisotopic (exact) mass is 386 g/mol. The van der Waals surface area contributed by atoms with Crippen molar-refractivity contribution in [3.8, 4) is 5.75 Å². The van der Waals surface area contributed by atoms with Crippen molar-refractivity contribution in [3.05, 3.63) is 93.2 Å². The molecule has 6 heteroatoms. The first-order chi connectivity index (χ1) is 12.5. The van der Waals surface area contributed by atoms with Crippen LogP contribution in [-0.2, 0) is 13.0 Å². The van der Waals surface area contributed by atoms with Crippen molar-refractivity contribution in [1.82, 2.24) is 4.98 Å². The van der Waals surface area contributed by atoms with E-state index < -0.39 is 5.97 Å². The number of carboxylic acid groups (broad SMARTS) is 1. The number of hydrogen-bond donors (Lipinski definition) is 0. The summed E-state index contributed by atoms with van der Waals surface area (Å²) in [4.78, 5) is 15.1. The second-order valence-electron chi connectivity index (χ2n) is 5.65. The SMILES string of the molecule is O=C([O-])c1cccc(Cc2cc(Cl)ccc2OCc2ccc(Cl)cc2)n1. The zero-order valence-corrected chi connectivity index (χ0v) is 15.1. The Labute approximate surface area is 161 Å². The van der Waals surface area contributed by atoms with E-state index in [-0.39, 0.29) is 5.69 Å². The lowest BCUT2D eigenvalue weighted by molar-refractivity contribution is -0.255. The number of carboxylic acids is 1. The first kappa shape index (κ1) is 18.2. The third kappa shape index (κ3) is 4.75. The van der Waals surface area contributed by atoms with Crippen LogP contribution in [0, 0.1) is 0 Å². The van der Waals surface area contributed by atoms with Gasteiger partial charge in [-0.1, -0.05) is 41.4 Å². The van der Waals surface area contributed by atoms with Crippen molar-refractivity contribution in [2.75, 3.05) is 0 Å². The Bertz CT molecular complexity index is 927. The molecule has 0 saturated carbocycles. The van der Waals surface area contributed by atoms with Gasteiger partial charge in [0.2, 0.25) is 0 Å². The molecule has 0 spiro atoms. The van der Waals surface area contributed by atoms with Crippen LogP contribution in [-0.4, -0.2) is 11.0 Å². The van der Waals surface area contributed by atoms with Gasteiger partial charge in [0.05, 0.1) is 11.7 Å². The number of pyridine rings is 1. The first-order valence-electron chi connectivity index (χ1n) is 7.84. The lowest BCUT2D eigenvalue weighted by Gasteiger charge is -2.13. The fraction of sp³-hybridized carbons (Fsp3) is 0.100. The van der Waals surface area contributed by atoms with Crippen molar-refractivity contribution in [1.29, 1.82) is 0 Å². The molecule has 26 heavy (non-hydrogen) atoms. The van der Waals surface area contributed by atoms with E-state index in [4.69, 9.17) is 27.9 Å². The molecule has 0 amide bonds. The minimum Gasteiger partial charge on any atom is -0.543 e. The number of nitrogens with zero attached hydrogens (tertiary/aromatic N) is 1. The highest BCUT2D eigenvalue weighted by atomic mass is 35.5. The standard InChI is InChI=1S/C20H15Cl2NO3/c21-15-6-4-13(5-7-15)12-26-19-9-8-16(22)10-14(19)11-17-2-1-3-18(23-17)20(24)25/h1-10H,11-12H2,(H,24,25)/p-1. The fourth-order valence-corrected chi connectivity index (χ4v) is 2.78. The topological polar surface area (TPSA) is 62.2 Å². The molecule has 132 valence electrons. The third-order valence-corrected chi connectivity index (χ3v) is 4.20. The Morgan fingerprint density at radius 1 is 1.00 bits per heavy atom. The van der Waals surface area contributed by atoms with Crippen LogP contribution in [0.15, 0.2) is 60.7 Å². The van der Waals surface area contributed by atoms with Gasteiger partial charge in [0.15, 0.2) is 0 Å². The zero-order chi connectivity index (χ0) is 18.5. The summed E-state index contributed by atoms with van der Waals surface area (Å²) in [5.41, 5.74) is 2.28. The van der Waals surface area contributed by atoms with Gasteiger partial charge in [0.25, 0.3) is 0 Å². The smallest absolute Gasteiger partial charge is 0.123 e. The van der Waals surface area contributed by atoms with E-state index in [0.29, 0.717) is 34.5 Å². The quantitative estimate of drug-likeness (QED) is 0.643. The molecule has 0 aliphatic carbocycles. The van der Waals surface area contributed by atoms with Crippen LogP contribution in [0.3, 0.4) is 0 Å². The highest BCUT2D eigenvalue weighted by Gasteiger charge is 2.09. The Morgan fingerprint density at radius 3 is 2.46 bits per heavy atom. The molecule has 0 aliphatic rings. The lowest BCUT2D eigenvalue weighted by atomic mass is 10.1. The maximum absolute atomic E-state index is 11.0. The van der Waals surface area contributed by atoms with E-state index in [1.54, 1.807) is 42.5 Å². The molecular weight excluding hydrogens is 373 g/mol. The maximum atomic E-state index is 11.0. The third-order valence-electron chi connectivity index (χ3n) is 3.72. The molecule has 0 bridgehead atoms. The van der Waals surface area contributed by atoms with Gasteiger partial charge in [-0.3, -0.25) is 4.98 Å². The number of carbonyl (C=O) groups excluding carboxylic acids is 1. The molecule has 0 unspecified atom stereocenters. The van der Waals surface area contributed by atoms with E-state index in [0.717, 1.165) is 11.1 Å². The highest BCUT2D eigenvalue weighted by Crippen LogP contribution is 2.26. The molecule has 2 aromatic carbocycles. The molecule has 0 saturated heterocycles. The molecule has 1 heterocycles. The van der Waals surface area contributed by atoms with Crippen LogP contribution in [0.1, 0.15) is 27.3 Å². The van der Waals surface area contributed by atoms with Gasteiger partial charge in [-0.15, -0.1) is 0 Å². The van der Waals surface area contributed by atoms with Crippen LogP contribution in [0.25, 0.3) is 0 Å². The van der Waals surface area contributed by atoms with Crippen molar-refractivity contribution in [2.24, 2.45) is 0 Å². The van der Waals surface area contributed by atoms with E-state index in [9.17, 15) is 9.90 Å². The Morgan fingerprint density at radius 2 is 1.73 bits per heavy atom. The summed E-state index contributed by atoms with van der Waals surface area (Å²) in [7, 11) is 0. The first-order valence-corrected chi connectivity index (χ1v) is 8.60. The summed E-state index contributed by atoms with van der Waals surface area (Å²) in [6.45, 7) is 0.373. The second kappa shape index (κ2) is 8.21. The molecule has 3 aromatic rings. The van der Waals surface area contributed by atoms with Crippen LogP contribution in [0.2, 0.25) is 10.0 Å². The van der Waals surface area contributed by atoms with E-state index in [1.165, 1.54) is 6.07 Å². The number of benzene rings is 2. The summed E-state index contributed by atoms with van der Waals surface area (Å²) in [6, 6.07) is 17.5. The average Bonchev–Trinajstić information content (AvgIpc) is 2.63. The highest BCUT2D eigenvalue weighted by molar-refractivity contribution is 6.30. The van der Waals surface area contributed by atoms with Gasteiger partial charge in [-0.2, -0.15) is 0 Å². The second-order valence-corrected chi connectivity index (χ2v) is 6.52. The number of hydrogen-bond acceptors (Lipinski definition) is 4. The Balaban J connectivity index is 1.80. The largest absolute Gasteiger partial charge is 0.543 e. The molecule has 0 radical (unpaired) electrons. The number of aromatic carboxylic acids is 1. The van der Waals surface area contributed by atoms with Gasteiger partial charge < -0.3 is 14.6 Å². The van der Waals surface area contributed by atoms with Gasteiger partial charge in [0.1, 0.15) is 12.4 Å². The van der Waals surface area contributed by atoms with Crippen molar-refractivity contribution < 1.29 is 14.6 Å². The van der Waals surface area contributed by atoms with Crippen LogP contribution in [0.5, 0.6) is 5.75 Å². The molecule has 0 N–H and O–H groups in total. The summed E-state index contributed by atoms with van der Waals surface area (Å²) in [5.74, 6) is -0.651. The van der Waals surface area contributed by atoms with Crippen molar-refractivity contribution in [2.45, 2.75) is 13.0 Å².